The van der Waals surface area contributed by atoms with Gasteiger partial charge >= 0.3 is 0 Å². The molecule has 2 aromatic rings. The van der Waals surface area contributed by atoms with Crippen molar-refractivity contribution in [2.75, 3.05) is 7.11 Å². The summed E-state index contributed by atoms with van der Waals surface area (Å²) < 4.78 is 10.9. The van der Waals surface area contributed by atoms with Gasteiger partial charge in [-0.1, -0.05) is 5.16 Å². The van der Waals surface area contributed by atoms with Gasteiger partial charge in [0, 0.05) is 18.2 Å². The molecule has 0 radical (unpaired) electrons. The fourth-order valence-electron chi connectivity index (χ4n) is 5.75. The van der Waals surface area contributed by atoms with Crippen molar-refractivity contribution in [3.63, 3.8) is 0 Å². The summed E-state index contributed by atoms with van der Waals surface area (Å²) >= 11 is 1.63. The predicted octanol–water partition coefficient (Wildman–Crippen LogP) is 4.47. The van der Waals surface area contributed by atoms with Crippen LogP contribution in [-0.4, -0.2) is 17.8 Å². The van der Waals surface area contributed by atoms with Crippen molar-refractivity contribution in [2.45, 2.75) is 50.6 Å². The molecule has 0 saturated heterocycles. The van der Waals surface area contributed by atoms with Gasteiger partial charge < -0.3 is 14.6 Å². The van der Waals surface area contributed by atoms with Gasteiger partial charge in [-0.25, -0.2) is 0 Å². The molecular weight excluding hydrogens is 320 g/mol. The van der Waals surface area contributed by atoms with E-state index >= 15 is 0 Å². The number of hydrogen-bond donors (Lipinski definition) is 1. The molecule has 4 bridgehead atoms. The summed E-state index contributed by atoms with van der Waals surface area (Å²) in [6.07, 6.45) is 8.53. The highest BCUT2D eigenvalue weighted by Crippen LogP contribution is 2.55. The van der Waals surface area contributed by atoms with Crippen LogP contribution in [0.4, 0.5) is 0 Å². The summed E-state index contributed by atoms with van der Waals surface area (Å²) in [5.41, 5.74) is 1.37. The highest BCUT2D eigenvalue weighted by Gasteiger charge is 2.50. The molecule has 5 heteroatoms. The molecule has 4 saturated carbocycles. The van der Waals surface area contributed by atoms with E-state index in [9.17, 15) is 0 Å². The van der Waals surface area contributed by atoms with Crippen LogP contribution in [0, 0.1) is 17.8 Å². The standard InChI is InChI=1S/C19H24N2O2S/c1-22-16-2-3-24-18(16)17-7-15(21-23-17)11-20-19-8-12-4-13(9-19)6-14(5-12)10-19/h2-3,7,12-14,20H,4-6,8-11H2,1H3. The van der Waals surface area contributed by atoms with Crippen molar-refractivity contribution in [1.82, 2.24) is 10.5 Å². The number of thiophene rings is 1. The summed E-state index contributed by atoms with van der Waals surface area (Å²) in [6, 6.07) is 4.03. The lowest BCUT2D eigenvalue weighted by molar-refractivity contribution is -0.0208. The Bertz CT molecular complexity index is 700. The van der Waals surface area contributed by atoms with E-state index in [1.54, 1.807) is 18.4 Å². The van der Waals surface area contributed by atoms with Crippen molar-refractivity contribution in [3.8, 4) is 16.4 Å². The Hall–Kier alpha value is -1.33. The fourth-order valence-corrected chi connectivity index (χ4v) is 6.55. The lowest BCUT2D eigenvalue weighted by Gasteiger charge is -2.57. The van der Waals surface area contributed by atoms with E-state index < -0.39 is 0 Å². The van der Waals surface area contributed by atoms with Crippen LogP contribution in [0.5, 0.6) is 5.75 Å². The van der Waals surface area contributed by atoms with Gasteiger partial charge in [-0.2, -0.15) is 0 Å². The predicted molar refractivity (Wildman–Crippen MR) is 94.1 cm³/mol. The van der Waals surface area contributed by atoms with Gasteiger partial charge in [0.05, 0.1) is 12.8 Å². The smallest absolute Gasteiger partial charge is 0.180 e. The monoisotopic (exact) mass is 344 g/mol. The third-order valence-electron chi connectivity index (χ3n) is 6.31. The lowest BCUT2D eigenvalue weighted by atomic mass is 9.53. The zero-order valence-electron chi connectivity index (χ0n) is 14.1. The van der Waals surface area contributed by atoms with Gasteiger partial charge in [0.25, 0.3) is 0 Å². The number of aromatic nitrogens is 1. The molecule has 0 aromatic carbocycles. The zero-order chi connectivity index (χ0) is 16.1. The summed E-state index contributed by atoms with van der Waals surface area (Å²) in [6.45, 7) is 0.809. The third kappa shape index (κ3) is 2.49. The lowest BCUT2D eigenvalue weighted by Crippen LogP contribution is -2.58. The maximum atomic E-state index is 5.56. The Morgan fingerprint density at radius 1 is 1.25 bits per heavy atom. The van der Waals surface area contributed by atoms with Crippen molar-refractivity contribution < 1.29 is 9.26 Å². The van der Waals surface area contributed by atoms with Gasteiger partial charge in [0.2, 0.25) is 0 Å². The molecular formula is C19H24N2O2S. The second-order valence-corrected chi connectivity index (χ2v) is 8.97. The van der Waals surface area contributed by atoms with Crippen molar-refractivity contribution >= 4 is 11.3 Å². The van der Waals surface area contributed by atoms with E-state index in [1.165, 1.54) is 38.5 Å². The third-order valence-corrected chi connectivity index (χ3v) is 7.22. The molecule has 4 nitrogen and oxygen atoms in total. The maximum Gasteiger partial charge on any atom is 0.180 e. The molecule has 0 amide bonds. The molecule has 0 aliphatic heterocycles. The number of rotatable bonds is 5. The summed E-state index contributed by atoms with van der Waals surface area (Å²) in [5, 5.41) is 10.2. The Labute approximate surface area is 146 Å². The molecule has 2 heterocycles. The number of hydrogen-bond acceptors (Lipinski definition) is 5. The van der Waals surface area contributed by atoms with Crippen LogP contribution < -0.4 is 10.1 Å². The van der Waals surface area contributed by atoms with Gasteiger partial charge in [-0.05, 0) is 67.7 Å². The molecule has 4 fully saturated rings. The quantitative estimate of drug-likeness (QED) is 0.869. The normalized spacial score (nSPS) is 34.0. The SMILES string of the molecule is COc1ccsc1-c1cc(CNC23CC4CC(CC(C4)C2)C3)no1. The number of nitrogens with one attached hydrogen (secondary N) is 1. The van der Waals surface area contributed by atoms with Gasteiger partial charge in [-0.15, -0.1) is 11.3 Å². The van der Waals surface area contributed by atoms with Crippen molar-refractivity contribution in [1.29, 1.82) is 0 Å². The molecule has 0 atom stereocenters. The second kappa shape index (κ2) is 5.60. The Balaban J connectivity index is 1.29. The Morgan fingerprint density at radius 3 is 2.62 bits per heavy atom. The molecule has 1 N–H and O–H groups in total. The first-order chi connectivity index (χ1) is 11.7. The maximum absolute atomic E-state index is 5.56. The minimum Gasteiger partial charge on any atom is -0.495 e. The molecule has 2 aromatic heterocycles. The number of ether oxygens (including phenoxy) is 1. The largest absolute Gasteiger partial charge is 0.495 e. The zero-order valence-corrected chi connectivity index (χ0v) is 14.9. The number of nitrogens with zero attached hydrogens (tertiary/aromatic N) is 1. The fraction of sp³-hybridized carbons (Fsp3) is 0.632. The number of methoxy groups -OCH3 is 1. The van der Waals surface area contributed by atoms with Crippen LogP contribution in [0.1, 0.15) is 44.2 Å². The van der Waals surface area contributed by atoms with E-state index in [0.29, 0.717) is 5.54 Å². The molecule has 0 spiro atoms. The van der Waals surface area contributed by atoms with E-state index in [1.807, 2.05) is 11.4 Å². The van der Waals surface area contributed by atoms with Gasteiger partial charge in [0.1, 0.15) is 10.6 Å². The van der Waals surface area contributed by atoms with E-state index in [0.717, 1.165) is 46.4 Å². The van der Waals surface area contributed by atoms with E-state index in [-0.39, 0.29) is 0 Å². The minimum absolute atomic E-state index is 0.370. The first-order valence-electron chi connectivity index (χ1n) is 9.05. The second-order valence-electron chi connectivity index (χ2n) is 8.05. The summed E-state index contributed by atoms with van der Waals surface area (Å²) in [5.74, 6) is 4.56. The first-order valence-corrected chi connectivity index (χ1v) is 9.93. The first kappa shape index (κ1) is 15.0. The van der Waals surface area contributed by atoms with Crippen LogP contribution in [0.2, 0.25) is 0 Å². The van der Waals surface area contributed by atoms with Crippen molar-refractivity contribution in [3.05, 3.63) is 23.2 Å². The molecule has 0 unspecified atom stereocenters. The van der Waals surface area contributed by atoms with Crippen molar-refractivity contribution in [2.24, 2.45) is 17.8 Å². The highest BCUT2D eigenvalue weighted by atomic mass is 32.1. The van der Waals surface area contributed by atoms with E-state index in [2.05, 4.69) is 16.5 Å². The molecule has 128 valence electrons. The molecule has 24 heavy (non-hydrogen) atoms. The van der Waals surface area contributed by atoms with Gasteiger partial charge in [0.15, 0.2) is 5.76 Å². The summed E-state index contributed by atoms with van der Waals surface area (Å²) in [7, 11) is 1.69. The van der Waals surface area contributed by atoms with Crippen LogP contribution in [0.3, 0.4) is 0 Å². The van der Waals surface area contributed by atoms with Crippen LogP contribution in [-0.2, 0) is 6.54 Å². The Morgan fingerprint density at radius 2 is 1.96 bits per heavy atom. The molecule has 6 rings (SSSR count). The Kier molecular flexibility index (Phi) is 3.49. The average molecular weight is 344 g/mol. The van der Waals surface area contributed by atoms with Crippen LogP contribution in [0.25, 0.3) is 10.6 Å². The van der Waals surface area contributed by atoms with Crippen LogP contribution >= 0.6 is 11.3 Å². The molecule has 4 aliphatic rings. The average Bonchev–Trinajstić information content (AvgIpc) is 3.20. The topological polar surface area (TPSA) is 47.3 Å². The van der Waals surface area contributed by atoms with Crippen LogP contribution in [0.15, 0.2) is 22.0 Å². The molecule has 4 aliphatic carbocycles. The minimum atomic E-state index is 0.370. The highest BCUT2D eigenvalue weighted by molar-refractivity contribution is 7.13. The van der Waals surface area contributed by atoms with Gasteiger partial charge in [-0.3, -0.25) is 0 Å². The van der Waals surface area contributed by atoms with E-state index in [4.69, 9.17) is 9.26 Å². The summed E-state index contributed by atoms with van der Waals surface area (Å²) in [4.78, 5) is 1.02.